The predicted octanol–water partition coefficient (Wildman–Crippen LogP) is -0.944. The minimum atomic E-state index is -4.12. The Morgan fingerprint density at radius 3 is 2.70 bits per heavy atom. The summed E-state index contributed by atoms with van der Waals surface area (Å²) in [5.41, 5.74) is 11.6. The summed E-state index contributed by atoms with van der Waals surface area (Å²) in [5, 5.41) is 8.90. The van der Waals surface area contributed by atoms with Crippen LogP contribution in [0.2, 0.25) is 0 Å². The van der Waals surface area contributed by atoms with Crippen molar-refractivity contribution in [3.63, 3.8) is 0 Å². The summed E-state index contributed by atoms with van der Waals surface area (Å²) < 4.78 is 23.9. The van der Waals surface area contributed by atoms with Crippen molar-refractivity contribution in [2.24, 2.45) is 0 Å². The Morgan fingerprint density at radius 1 is 1.24 bits per heavy atom. The zero-order chi connectivity index (χ0) is 24.0. The molecule has 180 valence electrons. The van der Waals surface area contributed by atoms with Crippen LogP contribution < -0.4 is 17.2 Å². The van der Waals surface area contributed by atoms with Crippen LogP contribution in [0.5, 0.6) is 0 Å². The Morgan fingerprint density at radius 2 is 2.03 bits per heavy atom. The van der Waals surface area contributed by atoms with Crippen molar-refractivity contribution in [1.82, 2.24) is 29.1 Å². The molecule has 3 aromatic heterocycles. The Labute approximate surface area is 187 Å². The molecule has 1 fully saturated rings. The fourth-order valence-electron chi connectivity index (χ4n) is 3.08. The van der Waals surface area contributed by atoms with Gasteiger partial charge in [-0.15, -0.1) is 0 Å². The first-order valence-electron chi connectivity index (χ1n) is 9.82. The molecule has 1 saturated heterocycles. The molecule has 16 heteroatoms. The molecule has 0 amide bonds. The zero-order valence-electron chi connectivity index (χ0n) is 17.5. The second kappa shape index (κ2) is 10.8. The number of hydrogen-bond donors (Lipinski definition) is 5. The summed E-state index contributed by atoms with van der Waals surface area (Å²) in [7, 11) is -4.12. The molecule has 1 aliphatic rings. The van der Waals surface area contributed by atoms with Gasteiger partial charge in [0, 0.05) is 12.7 Å². The van der Waals surface area contributed by atoms with E-state index in [1.165, 1.54) is 17.2 Å². The average molecular weight is 484 g/mol. The van der Waals surface area contributed by atoms with Crippen LogP contribution in [0.3, 0.4) is 0 Å². The fraction of sp³-hybridized carbons (Fsp3) is 0.471. The number of aliphatic hydroxyl groups excluding tert-OH is 1. The quantitative estimate of drug-likeness (QED) is 0.202. The second-order valence-electron chi connectivity index (χ2n) is 7.09. The highest BCUT2D eigenvalue weighted by molar-refractivity contribution is 7.51. The fourth-order valence-corrected chi connectivity index (χ4v) is 3.45. The second-order valence-corrected chi connectivity index (χ2v) is 8.67. The number of nitrogen functional groups attached to an aromatic ring is 2. The van der Waals surface area contributed by atoms with Gasteiger partial charge in [-0.2, -0.15) is 4.98 Å². The van der Waals surface area contributed by atoms with Gasteiger partial charge in [-0.25, -0.2) is 19.7 Å². The summed E-state index contributed by atoms with van der Waals surface area (Å²) in [6.07, 6.45) is 4.76. The molecule has 0 radical (unpaired) electrons. The molecule has 15 nitrogen and oxygen atoms in total. The van der Waals surface area contributed by atoms with Crippen molar-refractivity contribution in [3.8, 4) is 0 Å². The van der Waals surface area contributed by atoms with Crippen molar-refractivity contribution in [2.45, 2.75) is 31.7 Å². The summed E-state index contributed by atoms with van der Waals surface area (Å²) in [5.74, 6) is 0.489. The van der Waals surface area contributed by atoms with E-state index in [-0.39, 0.29) is 37.2 Å². The molecule has 3 aromatic rings. The Hall–Kier alpha value is -2.94. The van der Waals surface area contributed by atoms with Gasteiger partial charge >= 0.3 is 13.3 Å². The van der Waals surface area contributed by atoms with Crippen molar-refractivity contribution in [3.05, 3.63) is 35.4 Å². The zero-order valence-corrected chi connectivity index (χ0v) is 18.4. The van der Waals surface area contributed by atoms with Crippen LogP contribution in [0, 0.1) is 0 Å². The Bertz CT molecular complexity index is 1180. The first kappa shape index (κ1) is 24.7. The molecule has 0 aromatic carbocycles. The normalized spacial score (nSPS) is 18.3. The highest BCUT2D eigenvalue weighted by Crippen LogP contribution is 2.33. The van der Waals surface area contributed by atoms with Crippen molar-refractivity contribution in [1.29, 1.82) is 0 Å². The van der Waals surface area contributed by atoms with E-state index in [4.69, 9.17) is 35.8 Å². The molecule has 0 unspecified atom stereocenters. The molecular formula is C17H25N8O7P. The first-order chi connectivity index (χ1) is 15.7. The van der Waals surface area contributed by atoms with Crippen molar-refractivity contribution in [2.75, 3.05) is 31.0 Å². The first-order valence-corrected chi connectivity index (χ1v) is 11.6. The van der Waals surface area contributed by atoms with Crippen LogP contribution >= 0.6 is 7.60 Å². The van der Waals surface area contributed by atoms with E-state index in [0.29, 0.717) is 24.1 Å². The molecule has 2 atom stereocenters. The van der Waals surface area contributed by atoms with Gasteiger partial charge in [0.25, 0.3) is 0 Å². The molecular weight excluding hydrogens is 459 g/mol. The number of aliphatic hydroxyl groups is 1. The molecule has 0 spiro atoms. The minimum Gasteiger partial charge on any atom is -0.394 e. The van der Waals surface area contributed by atoms with Gasteiger partial charge in [0.15, 0.2) is 11.5 Å². The SMILES string of the molecule is Nc1ccn([C@H]2CC[C@@H](CO)O2)c(=O)n1.Nc1ncnc2c1ncn2CCOCP(=O)(O)O. The summed E-state index contributed by atoms with van der Waals surface area (Å²) >= 11 is 0. The van der Waals surface area contributed by atoms with E-state index < -0.39 is 19.6 Å². The van der Waals surface area contributed by atoms with Gasteiger partial charge in [-0.3, -0.25) is 9.13 Å². The van der Waals surface area contributed by atoms with E-state index >= 15 is 0 Å². The summed E-state index contributed by atoms with van der Waals surface area (Å²) in [6, 6.07) is 1.55. The van der Waals surface area contributed by atoms with Gasteiger partial charge < -0.3 is 40.4 Å². The maximum Gasteiger partial charge on any atom is 0.351 e. The largest absolute Gasteiger partial charge is 0.394 e. The van der Waals surface area contributed by atoms with Gasteiger partial charge in [-0.05, 0) is 18.9 Å². The number of ether oxygens (including phenoxy) is 2. The number of anilines is 2. The van der Waals surface area contributed by atoms with E-state index in [0.717, 1.165) is 6.42 Å². The molecule has 0 saturated carbocycles. The topological polar surface area (TPSA) is 227 Å². The third-order valence-corrected chi connectivity index (χ3v) is 5.13. The van der Waals surface area contributed by atoms with Gasteiger partial charge in [0.05, 0.1) is 25.6 Å². The third-order valence-electron chi connectivity index (χ3n) is 4.62. The third kappa shape index (κ3) is 6.77. The van der Waals surface area contributed by atoms with Crippen LogP contribution in [-0.2, 0) is 20.6 Å². The van der Waals surface area contributed by atoms with E-state index in [9.17, 15) is 9.36 Å². The Balaban J connectivity index is 0.000000189. The number of hydrogen-bond acceptors (Lipinski definition) is 11. The van der Waals surface area contributed by atoms with E-state index in [2.05, 4.69) is 19.9 Å². The van der Waals surface area contributed by atoms with E-state index in [1.54, 1.807) is 16.8 Å². The predicted molar refractivity (Wildman–Crippen MR) is 116 cm³/mol. The van der Waals surface area contributed by atoms with Gasteiger partial charge in [-0.1, -0.05) is 0 Å². The number of nitrogens with zero attached hydrogens (tertiary/aromatic N) is 6. The van der Waals surface area contributed by atoms with Gasteiger partial charge in [0.2, 0.25) is 0 Å². The van der Waals surface area contributed by atoms with Gasteiger partial charge in [0.1, 0.15) is 30.2 Å². The minimum absolute atomic E-state index is 0.0202. The highest BCUT2D eigenvalue weighted by Gasteiger charge is 2.26. The summed E-state index contributed by atoms with van der Waals surface area (Å²) in [4.78, 5) is 44.2. The standard InChI is InChI=1S/C9H13N3O3.C8H12N5O4P/c10-7-3-4-12(9(14)11-7)8-2-1-6(5-13)15-8;9-7-6-8(11-3-10-7)13(4-12-6)1-2-17-5-18(14,15)16/h3-4,6,8,13H,1-2,5H2,(H2,10,11,14);3-4H,1-2,5H2,(H2,9,10,11)(H2,14,15,16)/t6-,8+;/m0./s1. The van der Waals surface area contributed by atoms with Crippen LogP contribution in [0.25, 0.3) is 11.2 Å². The number of rotatable bonds is 7. The smallest absolute Gasteiger partial charge is 0.351 e. The lowest BCUT2D eigenvalue weighted by atomic mass is 10.2. The highest BCUT2D eigenvalue weighted by atomic mass is 31.2. The van der Waals surface area contributed by atoms with Crippen LogP contribution in [-0.4, -0.2) is 69.6 Å². The number of aromatic nitrogens is 6. The van der Waals surface area contributed by atoms with Crippen molar-refractivity contribution >= 4 is 30.4 Å². The number of fused-ring (bicyclic) bond motifs is 1. The van der Waals surface area contributed by atoms with E-state index in [1.807, 2.05) is 0 Å². The molecule has 7 N–H and O–H groups in total. The molecule has 1 aliphatic heterocycles. The van der Waals surface area contributed by atoms with Crippen molar-refractivity contribution < 1.29 is 28.9 Å². The van der Waals surface area contributed by atoms with Crippen LogP contribution in [0.15, 0.2) is 29.7 Å². The molecule has 4 rings (SSSR count). The molecule has 0 bridgehead atoms. The monoisotopic (exact) mass is 484 g/mol. The lowest BCUT2D eigenvalue weighted by molar-refractivity contribution is -0.0245. The number of nitrogens with two attached hydrogens (primary N) is 2. The molecule has 4 heterocycles. The average Bonchev–Trinajstić information content (AvgIpc) is 3.39. The molecule has 33 heavy (non-hydrogen) atoms. The van der Waals surface area contributed by atoms with Crippen LogP contribution in [0.1, 0.15) is 19.1 Å². The Kier molecular flexibility index (Phi) is 8.07. The maximum atomic E-state index is 11.5. The van der Waals surface area contributed by atoms with Crippen LogP contribution in [0.4, 0.5) is 11.6 Å². The lowest BCUT2D eigenvalue weighted by Crippen LogP contribution is -2.27. The number of imidazole rings is 1. The maximum absolute atomic E-state index is 11.5. The summed E-state index contributed by atoms with van der Waals surface area (Å²) in [6.45, 7) is 0.487. The molecule has 0 aliphatic carbocycles. The lowest BCUT2D eigenvalue weighted by Gasteiger charge is -2.14.